The summed E-state index contributed by atoms with van der Waals surface area (Å²) in [4.78, 5) is 19.8. The van der Waals surface area contributed by atoms with Crippen LogP contribution in [0, 0.1) is 13.8 Å². The molecule has 1 N–H and O–H groups in total. The van der Waals surface area contributed by atoms with Crippen LogP contribution in [0.15, 0.2) is 42.6 Å². The molecular formula is C23H26N2O4S. The minimum Gasteiger partial charge on any atom is -0.497 e. The van der Waals surface area contributed by atoms with E-state index in [0.29, 0.717) is 16.4 Å². The van der Waals surface area contributed by atoms with Crippen LogP contribution in [0.1, 0.15) is 26.4 Å². The van der Waals surface area contributed by atoms with Gasteiger partial charge in [-0.15, -0.1) is 11.3 Å². The van der Waals surface area contributed by atoms with Gasteiger partial charge in [0.2, 0.25) is 0 Å². The van der Waals surface area contributed by atoms with E-state index in [9.17, 15) is 9.90 Å². The lowest BCUT2D eigenvalue weighted by molar-refractivity contribution is 0.0711. The largest absolute Gasteiger partial charge is 0.497 e. The summed E-state index contributed by atoms with van der Waals surface area (Å²) in [7, 11) is 3.18. The van der Waals surface area contributed by atoms with Gasteiger partial charge in [0, 0.05) is 24.2 Å². The number of nitrogens with zero attached hydrogens (tertiary/aromatic N) is 2. The number of amides is 1. The second-order valence-electron chi connectivity index (χ2n) is 6.98. The highest BCUT2D eigenvalue weighted by atomic mass is 32.1. The Morgan fingerprint density at radius 3 is 2.60 bits per heavy atom. The Hall–Kier alpha value is -2.90. The maximum atomic E-state index is 13.2. The molecule has 0 bridgehead atoms. The monoisotopic (exact) mass is 426 g/mol. The van der Waals surface area contributed by atoms with Gasteiger partial charge in [-0.3, -0.25) is 4.79 Å². The first-order valence-electron chi connectivity index (χ1n) is 9.61. The van der Waals surface area contributed by atoms with E-state index in [2.05, 4.69) is 11.1 Å². The first-order chi connectivity index (χ1) is 14.5. The standard InChI is InChI=1S/C23H26N2O4S/c1-15-5-7-19(16(2)11-15)22-24-13-21(30-22)23(27)25(9-10-26)14-17-12-18(28-3)6-8-20(17)29-4/h5-8,11-13,26H,9-10,14H2,1-4H3. The number of benzene rings is 2. The van der Waals surface area contributed by atoms with Crippen molar-refractivity contribution < 1.29 is 19.4 Å². The number of ether oxygens (including phenoxy) is 2. The molecule has 0 atom stereocenters. The predicted octanol–water partition coefficient (Wildman–Crippen LogP) is 4.08. The van der Waals surface area contributed by atoms with E-state index in [4.69, 9.17) is 9.47 Å². The summed E-state index contributed by atoms with van der Waals surface area (Å²) in [6, 6.07) is 11.6. The fraction of sp³-hybridized carbons (Fsp3) is 0.304. The maximum Gasteiger partial charge on any atom is 0.265 e. The smallest absolute Gasteiger partial charge is 0.265 e. The number of aromatic nitrogens is 1. The van der Waals surface area contributed by atoms with Crippen LogP contribution in [-0.2, 0) is 6.54 Å². The van der Waals surface area contributed by atoms with Crippen LogP contribution < -0.4 is 9.47 Å². The Bertz CT molecular complexity index is 1030. The van der Waals surface area contributed by atoms with Gasteiger partial charge in [-0.05, 0) is 37.6 Å². The van der Waals surface area contributed by atoms with E-state index in [1.54, 1.807) is 37.4 Å². The summed E-state index contributed by atoms with van der Waals surface area (Å²) in [5, 5.41) is 10.3. The molecular weight excluding hydrogens is 400 g/mol. The highest BCUT2D eigenvalue weighted by Gasteiger charge is 2.21. The molecule has 0 saturated heterocycles. The number of carbonyl (C=O) groups is 1. The molecule has 3 aromatic rings. The average molecular weight is 427 g/mol. The van der Waals surface area contributed by atoms with E-state index in [1.807, 2.05) is 32.0 Å². The molecule has 0 aliphatic carbocycles. The van der Waals surface area contributed by atoms with E-state index in [1.165, 1.54) is 16.9 Å². The van der Waals surface area contributed by atoms with Crippen molar-refractivity contribution in [3.8, 4) is 22.1 Å². The molecule has 0 spiro atoms. The summed E-state index contributed by atoms with van der Waals surface area (Å²) in [6.07, 6.45) is 1.61. The Balaban J connectivity index is 1.87. The zero-order valence-corrected chi connectivity index (χ0v) is 18.5. The lowest BCUT2D eigenvalue weighted by Gasteiger charge is -2.22. The third-order valence-corrected chi connectivity index (χ3v) is 5.85. The number of hydrogen-bond acceptors (Lipinski definition) is 6. The molecule has 1 heterocycles. The molecule has 0 saturated carbocycles. The minimum atomic E-state index is -0.178. The second-order valence-corrected chi connectivity index (χ2v) is 8.01. The second kappa shape index (κ2) is 9.73. The first kappa shape index (κ1) is 21.8. The van der Waals surface area contributed by atoms with Crippen LogP contribution in [0.25, 0.3) is 10.6 Å². The number of hydrogen-bond donors (Lipinski definition) is 1. The van der Waals surface area contributed by atoms with Gasteiger partial charge in [0.05, 0.1) is 27.0 Å². The highest BCUT2D eigenvalue weighted by molar-refractivity contribution is 7.16. The van der Waals surface area contributed by atoms with Crippen molar-refractivity contribution in [1.82, 2.24) is 9.88 Å². The van der Waals surface area contributed by atoms with Gasteiger partial charge in [0.1, 0.15) is 21.4 Å². The molecule has 0 radical (unpaired) electrons. The quantitative estimate of drug-likeness (QED) is 0.588. The number of aliphatic hydroxyl groups is 1. The third kappa shape index (κ3) is 4.80. The molecule has 0 aliphatic heterocycles. The SMILES string of the molecule is COc1ccc(OC)c(CN(CCO)C(=O)c2cnc(-c3ccc(C)cc3C)s2)c1. The van der Waals surface area contributed by atoms with Crippen molar-refractivity contribution in [2.75, 3.05) is 27.4 Å². The fourth-order valence-corrected chi connectivity index (χ4v) is 4.27. The Kier molecular flexibility index (Phi) is 7.07. The zero-order valence-electron chi connectivity index (χ0n) is 17.6. The summed E-state index contributed by atoms with van der Waals surface area (Å²) in [5.41, 5.74) is 4.13. The normalized spacial score (nSPS) is 10.7. The lowest BCUT2D eigenvalue weighted by Crippen LogP contribution is -2.32. The van der Waals surface area contributed by atoms with Gasteiger partial charge in [0.25, 0.3) is 5.91 Å². The number of aliphatic hydroxyl groups excluding tert-OH is 1. The molecule has 30 heavy (non-hydrogen) atoms. The summed E-state index contributed by atoms with van der Waals surface area (Å²) in [6.45, 7) is 4.44. The van der Waals surface area contributed by atoms with Crippen molar-refractivity contribution >= 4 is 17.2 Å². The van der Waals surface area contributed by atoms with E-state index < -0.39 is 0 Å². The number of thiazole rings is 1. The molecule has 6 nitrogen and oxygen atoms in total. The Morgan fingerprint density at radius 1 is 1.13 bits per heavy atom. The summed E-state index contributed by atoms with van der Waals surface area (Å²) in [5.74, 6) is 1.16. The number of rotatable bonds is 8. The van der Waals surface area contributed by atoms with Crippen molar-refractivity contribution in [3.63, 3.8) is 0 Å². The molecule has 0 aliphatic rings. The van der Waals surface area contributed by atoms with Gasteiger partial charge >= 0.3 is 0 Å². The zero-order chi connectivity index (χ0) is 21.7. The third-order valence-electron chi connectivity index (χ3n) is 4.83. The van der Waals surface area contributed by atoms with Crippen molar-refractivity contribution in [3.05, 3.63) is 64.2 Å². The topological polar surface area (TPSA) is 71.9 Å². The van der Waals surface area contributed by atoms with E-state index in [0.717, 1.165) is 21.7 Å². The van der Waals surface area contributed by atoms with Gasteiger partial charge in [-0.2, -0.15) is 0 Å². The number of carbonyl (C=O) groups excluding carboxylic acids is 1. The van der Waals surface area contributed by atoms with Gasteiger partial charge in [0.15, 0.2) is 0 Å². The van der Waals surface area contributed by atoms with Crippen LogP contribution in [0.3, 0.4) is 0 Å². The highest BCUT2D eigenvalue weighted by Crippen LogP contribution is 2.30. The van der Waals surface area contributed by atoms with Gasteiger partial charge in [-0.1, -0.05) is 23.8 Å². The Labute approximate surface area is 180 Å². The number of aryl methyl sites for hydroxylation is 2. The molecule has 3 rings (SSSR count). The molecule has 0 unspecified atom stereocenters. The van der Waals surface area contributed by atoms with Crippen LogP contribution in [0.4, 0.5) is 0 Å². The van der Waals surface area contributed by atoms with Crippen molar-refractivity contribution in [2.24, 2.45) is 0 Å². The molecule has 2 aromatic carbocycles. The van der Waals surface area contributed by atoms with Crippen LogP contribution in [0.2, 0.25) is 0 Å². The predicted molar refractivity (Wildman–Crippen MR) is 118 cm³/mol. The van der Waals surface area contributed by atoms with Crippen LogP contribution >= 0.6 is 11.3 Å². The van der Waals surface area contributed by atoms with Crippen LogP contribution in [0.5, 0.6) is 11.5 Å². The molecule has 0 fully saturated rings. The maximum absolute atomic E-state index is 13.2. The average Bonchev–Trinajstić information content (AvgIpc) is 3.22. The summed E-state index contributed by atoms with van der Waals surface area (Å²) >= 11 is 1.36. The Morgan fingerprint density at radius 2 is 1.93 bits per heavy atom. The summed E-state index contributed by atoms with van der Waals surface area (Å²) < 4.78 is 10.7. The van der Waals surface area contributed by atoms with Crippen molar-refractivity contribution in [2.45, 2.75) is 20.4 Å². The molecule has 158 valence electrons. The first-order valence-corrected chi connectivity index (χ1v) is 10.4. The van der Waals surface area contributed by atoms with Crippen LogP contribution in [-0.4, -0.2) is 48.3 Å². The van der Waals surface area contributed by atoms with E-state index in [-0.39, 0.29) is 25.6 Å². The minimum absolute atomic E-state index is 0.138. The lowest BCUT2D eigenvalue weighted by atomic mass is 10.1. The van der Waals surface area contributed by atoms with Crippen molar-refractivity contribution in [1.29, 1.82) is 0 Å². The van der Waals surface area contributed by atoms with Gasteiger partial charge in [-0.25, -0.2) is 4.98 Å². The number of methoxy groups -OCH3 is 2. The fourth-order valence-electron chi connectivity index (χ4n) is 3.29. The molecule has 1 aromatic heterocycles. The van der Waals surface area contributed by atoms with E-state index >= 15 is 0 Å². The molecule has 7 heteroatoms. The molecule has 1 amide bonds. The van der Waals surface area contributed by atoms with Gasteiger partial charge < -0.3 is 19.5 Å².